The third-order valence-electron chi connectivity index (χ3n) is 8.48. The molecule has 1 aromatic heterocycles. The van der Waals surface area contributed by atoms with Crippen molar-refractivity contribution in [2.24, 2.45) is 0 Å². The third kappa shape index (κ3) is 8.20. The highest BCUT2D eigenvalue weighted by molar-refractivity contribution is 5.93. The minimum atomic E-state index is -0.629. The van der Waals surface area contributed by atoms with Crippen molar-refractivity contribution in [1.29, 1.82) is 0 Å². The van der Waals surface area contributed by atoms with Crippen LogP contribution < -0.4 is 5.32 Å². The highest BCUT2D eigenvalue weighted by Crippen LogP contribution is 2.39. The quantitative estimate of drug-likeness (QED) is 0.232. The van der Waals surface area contributed by atoms with Crippen molar-refractivity contribution in [3.63, 3.8) is 0 Å². The first kappa shape index (κ1) is 32.7. The Morgan fingerprint density at radius 2 is 1.66 bits per heavy atom. The van der Waals surface area contributed by atoms with E-state index in [0.29, 0.717) is 25.0 Å². The first-order valence-electron chi connectivity index (χ1n) is 16.2. The number of carbonyl (C=O) groups excluding carboxylic acids is 2. The van der Waals surface area contributed by atoms with Crippen LogP contribution in [0.5, 0.6) is 0 Å². The average Bonchev–Trinajstić information content (AvgIpc) is 3.54. The SMILES string of the molecule is CC(C)(C)OC(=O)[C@@H]1CCCN1C[C@H]1C[C@@H](c2ccc(CO)cc2)O[C@@H](c2ccc(CNC(=O)c3cnc4ccccc4n3)cc2)O1. The molecule has 246 valence electrons. The second-order valence-electron chi connectivity index (χ2n) is 13.2. The lowest BCUT2D eigenvalue weighted by Crippen LogP contribution is -2.45. The minimum Gasteiger partial charge on any atom is -0.459 e. The Hall–Kier alpha value is -4.22. The summed E-state index contributed by atoms with van der Waals surface area (Å²) in [6.07, 6.45) is 2.73. The number of nitrogens with zero attached hydrogens (tertiary/aromatic N) is 3. The number of aliphatic hydroxyl groups is 1. The van der Waals surface area contributed by atoms with E-state index in [9.17, 15) is 14.7 Å². The van der Waals surface area contributed by atoms with Gasteiger partial charge in [0, 0.05) is 25.1 Å². The van der Waals surface area contributed by atoms with Gasteiger partial charge in [-0.05, 0) is 69.0 Å². The highest BCUT2D eigenvalue weighted by Gasteiger charge is 2.39. The number of benzene rings is 3. The van der Waals surface area contributed by atoms with Gasteiger partial charge >= 0.3 is 5.97 Å². The Balaban J connectivity index is 1.14. The molecule has 4 aromatic rings. The molecule has 0 radical (unpaired) electrons. The topological polar surface area (TPSA) is 123 Å². The lowest BCUT2D eigenvalue weighted by molar-refractivity contribution is -0.253. The molecule has 2 aliphatic rings. The molecule has 2 N–H and O–H groups in total. The van der Waals surface area contributed by atoms with E-state index in [-0.39, 0.29) is 42.4 Å². The number of para-hydroxylation sites is 2. The number of amides is 1. The first-order valence-corrected chi connectivity index (χ1v) is 16.2. The van der Waals surface area contributed by atoms with Crippen molar-refractivity contribution < 1.29 is 28.9 Å². The smallest absolute Gasteiger partial charge is 0.323 e. The van der Waals surface area contributed by atoms with Crippen LogP contribution in [0.2, 0.25) is 0 Å². The largest absolute Gasteiger partial charge is 0.459 e. The minimum absolute atomic E-state index is 0.0242. The normalized spacial score (nSPS) is 21.9. The van der Waals surface area contributed by atoms with Gasteiger partial charge in [0.2, 0.25) is 0 Å². The molecule has 3 heterocycles. The number of carbonyl (C=O) groups is 2. The van der Waals surface area contributed by atoms with Gasteiger partial charge in [-0.2, -0.15) is 0 Å². The van der Waals surface area contributed by atoms with Crippen molar-refractivity contribution in [1.82, 2.24) is 20.2 Å². The second-order valence-corrected chi connectivity index (χ2v) is 13.2. The summed E-state index contributed by atoms with van der Waals surface area (Å²) in [4.78, 5) is 36.8. The van der Waals surface area contributed by atoms with Crippen molar-refractivity contribution in [3.8, 4) is 0 Å². The molecule has 4 atom stereocenters. The summed E-state index contributed by atoms with van der Waals surface area (Å²) in [5.41, 5.74) is 4.73. The number of likely N-dealkylation sites (tertiary alicyclic amines) is 1. The van der Waals surface area contributed by atoms with E-state index in [1.165, 1.54) is 6.20 Å². The van der Waals surface area contributed by atoms with Crippen molar-refractivity contribution in [2.45, 2.75) is 83.3 Å². The summed E-state index contributed by atoms with van der Waals surface area (Å²) in [5, 5.41) is 12.5. The number of rotatable bonds is 9. The van der Waals surface area contributed by atoms with Crippen LogP contribution in [-0.4, -0.2) is 62.7 Å². The van der Waals surface area contributed by atoms with Gasteiger partial charge in [0.05, 0.1) is 36.0 Å². The van der Waals surface area contributed by atoms with E-state index in [1.54, 1.807) is 0 Å². The molecule has 1 amide bonds. The lowest BCUT2D eigenvalue weighted by atomic mass is 9.99. The van der Waals surface area contributed by atoms with Crippen LogP contribution in [0.25, 0.3) is 11.0 Å². The van der Waals surface area contributed by atoms with Gasteiger partial charge < -0.3 is 24.6 Å². The number of fused-ring (bicyclic) bond motifs is 1. The molecule has 0 spiro atoms. The van der Waals surface area contributed by atoms with Gasteiger partial charge in [0.25, 0.3) is 5.91 Å². The maximum Gasteiger partial charge on any atom is 0.323 e. The van der Waals surface area contributed by atoms with Gasteiger partial charge in [-0.25, -0.2) is 4.98 Å². The Kier molecular flexibility index (Phi) is 9.93. The van der Waals surface area contributed by atoms with E-state index in [4.69, 9.17) is 14.2 Å². The Morgan fingerprint density at radius 1 is 0.957 bits per heavy atom. The standard InChI is InChI=1S/C37H42N4O6/c1-37(2,3)47-35(44)32-9-6-18-41(32)22-28-19-33(26-14-12-25(23-42)13-15-26)46-36(45-28)27-16-10-24(11-17-27)20-39-34(43)31-21-38-29-7-4-5-8-30(29)40-31/h4-5,7-8,10-17,21,28,32-33,36,42H,6,9,18-20,22-23H2,1-3H3,(H,39,43)/t28-,32+,33+,36+/m1/s1. The molecule has 47 heavy (non-hydrogen) atoms. The Labute approximate surface area is 275 Å². The molecule has 0 saturated carbocycles. The molecule has 0 bridgehead atoms. The molecule has 3 aromatic carbocycles. The van der Waals surface area contributed by atoms with Crippen LogP contribution in [0.3, 0.4) is 0 Å². The molecule has 0 aliphatic carbocycles. The predicted octanol–water partition coefficient (Wildman–Crippen LogP) is 5.40. The summed E-state index contributed by atoms with van der Waals surface area (Å²) in [7, 11) is 0. The maximum absolute atomic E-state index is 13.0. The predicted molar refractivity (Wildman–Crippen MR) is 176 cm³/mol. The van der Waals surface area contributed by atoms with E-state index in [2.05, 4.69) is 20.2 Å². The van der Waals surface area contributed by atoms with Crippen molar-refractivity contribution >= 4 is 22.9 Å². The number of aliphatic hydroxyl groups excluding tert-OH is 1. The summed E-state index contributed by atoms with van der Waals surface area (Å²) < 4.78 is 18.8. The molecule has 2 aliphatic heterocycles. The highest BCUT2D eigenvalue weighted by atomic mass is 16.7. The maximum atomic E-state index is 13.0. The first-order chi connectivity index (χ1) is 22.6. The second kappa shape index (κ2) is 14.3. The van der Waals surface area contributed by atoms with E-state index in [1.807, 2.05) is 93.6 Å². The van der Waals surface area contributed by atoms with Crippen molar-refractivity contribution in [3.05, 3.63) is 107 Å². The van der Waals surface area contributed by atoms with Gasteiger partial charge in [0.15, 0.2) is 6.29 Å². The molecule has 2 fully saturated rings. The van der Waals surface area contributed by atoms with E-state index in [0.717, 1.165) is 47.2 Å². The average molecular weight is 639 g/mol. The van der Waals surface area contributed by atoms with E-state index < -0.39 is 11.9 Å². The van der Waals surface area contributed by atoms with Crippen LogP contribution in [0.1, 0.15) is 85.2 Å². The van der Waals surface area contributed by atoms with Gasteiger partial charge in [-0.15, -0.1) is 0 Å². The molecule has 6 rings (SSSR count). The monoisotopic (exact) mass is 638 g/mol. The number of hydrogen-bond acceptors (Lipinski definition) is 9. The van der Waals surface area contributed by atoms with Gasteiger partial charge in [0.1, 0.15) is 17.3 Å². The third-order valence-corrected chi connectivity index (χ3v) is 8.48. The molecular formula is C37H42N4O6. The number of esters is 1. The molecule has 0 unspecified atom stereocenters. The van der Waals surface area contributed by atoms with Crippen LogP contribution >= 0.6 is 0 Å². The zero-order chi connectivity index (χ0) is 33.0. The number of aromatic nitrogens is 2. The van der Waals surface area contributed by atoms with E-state index >= 15 is 0 Å². The zero-order valence-corrected chi connectivity index (χ0v) is 27.1. The fourth-order valence-electron chi connectivity index (χ4n) is 6.11. The van der Waals surface area contributed by atoms with Gasteiger partial charge in [-0.3, -0.25) is 19.5 Å². The summed E-state index contributed by atoms with van der Waals surface area (Å²) in [6, 6.07) is 22.7. The fourth-order valence-corrected chi connectivity index (χ4v) is 6.11. The molecular weight excluding hydrogens is 596 g/mol. The van der Waals surface area contributed by atoms with Crippen molar-refractivity contribution in [2.75, 3.05) is 13.1 Å². The molecule has 10 heteroatoms. The fraction of sp³-hybridized carbons (Fsp3) is 0.405. The summed E-state index contributed by atoms with van der Waals surface area (Å²) in [6.45, 7) is 7.35. The van der Waals surface area contributed by atoms with Gasteiger partial charge in [-0.1, -0.05) is 60.7 Å². The number of hydrogen-bond donors (Lipinski definition) is 2. The molecule has 2 saturated heterocycles. The van der Waals surface area contributed by atoms with Crippen LogP contribution in [-0.2, 0) is 32.2 Å². The Morgan fingerprint density at radius 3 is 2.38 bits per heavy atom. The summed E-state index contributed by atoms with van der Waals surface area (Å²) in [5.74, 6) is -0.485. The van der Waals surface area contributed by atoms with Crippen LogP contribution in [0.15, 0.2) is 79.0 Å². The van der Waals surface area contributed by atoms with Crippen LogP contribution in [0, 0.1) is 0 Å². The zero-order valence-electron chi connectivity index (χ0n) is 27.1. The Bertz CT molecular complexity index is 1690. The number of ether oxygens (including phenoxy) is 3. The summed E-state index contributed by atoms with van der Waals surface area (Å²) >= 11 is 0. The van der Waals surface area contributed by atoms with Crippen LogP contribution in [0.4, 0.5) is 0 Å². The molecule has 10 nitrogen and oxygen atoms in total. The number of nitrogens with one attached hydrogen (secondary N) is 1. The lowest BCUT2D eigenvalue weighted by Gasteiger charge is -2.38.